The Morgan fingerprint density at radius 2 is 1.85 bits per heavy atom. The minimum atomic E-state index is -4.95. The van der Waals surface area contributed by atoms with Crippen LogP contribution in [0, 0.1) is 0 Å². The Labute approximate surface area is 72.9 Å². The van der Waals surface area contributed by atoms with Crippen LogP contribution in [0.4, 0.5) is 13.2 Å². The van der Waals surface area contributed by atoms with Crippen molar-refractivity contribution in [1.29, 1.82) is 0 Å². The Bertz CT molecular complexity index is 198. The fourth-order valence-corrected chi connectivity index (χ4v) is 0.568. The number of carbonyl (C=O) groups excluding carboxylic acids is 2. The van der Waals surface area contributed by atoms with Crippen molar-refractivity contribution in [3.63, 3.8) is 0 Å². The van der Waals surface area contributed by atoms with E-state index in [9.17, 15) is 22.8 Å². The lowest BCUT2D eigenvalue weighted by Crippen LogP contribution is -2.25. The third-order valence-corrected chi connectivity index (χ3v) is 1.14. The van der Waals surface area contributed by atoms with Crippen molar-refractivity contribution in [1.82, 2.24) is 0 Å². The van der Waals surface area contributed by atoms with Gasteiger partial charge >= 0.3 is 12.1 Å². The first kappa shape index (κ1) is 11.9. The molecule has 0 bridgehead atoms. The van der Waals surface area contributed by atoms with Gasteiger partial charge in [0.05, 0.1) is 6.61 Å². The van der Waals surface area contributed by atoms with Gasteiger partial charge in [-0.05, 0) is 13.3 Å². The molecule has 0 aliphatic heterocycles. The molecule has 3 nitrogen and oxygen atoms in total. The number of ketones is 1. The molecule has 0 atom stereocenters. The minimum absolute atomic E-state index is 0.116. The van der Waals surface area contributed by atoms with E-state index in [0.717, 1.165) is 0 Å². The van der Waals surface area contributed by atoms with Crippen molar-refractivity contribution in [3.8, 4) is 0 Å². The predicted molar refractivity (Wildman–Crippen MR) is 36.9 cm³/mol. The smallest absolute Gasteiger partial charge is 0.459 e. The molecule has 76 valence electrons. The van der Waals surface area contributed by atoms with E-state index in [1.807, 2.05) is 0 Å². The number of Topliss-reactive ketones (excluding diaryl/α,β-unsaturated/α-hetero) is 1. The van der Waals surface area contributed by atoms with E-state index in [1.165, 1.54) is 6.92 Å². The molecule has 0 fully saturated rings. The number of hydrogen-bond acceptors (Lipinski definition) is 3. The number of ether oxygens (including phenoxy) is 1. The molecule has 0 saturated carbocycles. The van der Waals surface area contributed by atoms with Crippen molar-refractivity contribution in [2.45, 2.75) is 25.9 Å². The number of alkyl halides is 3. The molecule has 0 N–H and O–H groups in total. The molecule has 0 saturated heterocycles. The summed E-state index contributed by atoms with van der Waals surface area (Å²) < 4.78 is 38.3. The Morgan fingerprint density at radius 3 is 2.23 bits per heavy atom. The lowest BCUT2D eigenvalue weighted by atomic mass is 10.2. The van der Waals surface area contributed by atoms with E-state index in [4.69, 9.17) is 0 Å². The first-order chi connectivity index (χ1) is 5.84. The Kier molecular flexibility index (Phi) is 4.44. The van der Waals surface area contributed by atoms with Crippen molar-refractivity contribution in [2.75, 3.05) is 6.61 Å². The Morgan fingerprint density at radius 1 is 1.31 bits per heavy atom. The second-order valence-electron chi connectivity index (χ2n) is 2.44. The molecule has 6 heteroatoms. The van der Waals surface area contributed by atoms with Crippen LogP contribution >= 0.6 is 0 Å². The molecule has 0 amide bonds. The van der Waals surface area contributed by atoms with Gasteiger partial charge in [-0.25, -0.2) is 4.79 Å². The van der Waals surface area contributed by atoms with Crippen molar-refractivity contribution in [2.24, 2.45) is 0 Å². The highest BCUT2D eigenvalue weighted by Crippen LogP contribution is 2.16. The summed E-state index contributed by atoms with van der Waals surface area (Å²) in [5.41, 5.74) is 0. The summed E-state index contributed by atoms with van der Waals surface area (Å²) in [5.74, 6) is -2.36. The first-order valence-electron chi connectivity index (χ1n) is 3.57. The van der Waals surface area contributed by atoms with E-state index < -0.39 is 12.1 Å². The zero-order valence-electron chi connectivity index (χ0n) is 6.98. The molecular weight excluding hydrogens is 189 g/mol. The summed E-state index contributed by atoms with van der Waals surface area (Å²) in [6.07, 6.45) is -4.71. The number of hydrogen-bond donors (Lipinski definition) is 0. The molecule has 0 heterocycles. The van der Waals surface area contributed by atoms with Crippen LogP contribution in [-0.2, 0) is 14.3 Å². The van der Waals surface area contributed by atoms with E-state index in [0.29, 0.717) is 0 Å². The molecule has 0 rings (SSSR count). The van der Waals surface area contributed by atoms with E-state index in [-0.39, 0.29) is 25.2 Å². The van der Waals surface area contributed by atoms with Gasteiger partial charge in [0.1, 0.15) is 5.78 Å². The number of rotatable bonds is 4. The second-order valence-corrected chi connectivity index (χ2v) is 2.44. The quantitative estimate of drug-likeness (QED) is 0.507. The van der Waals surface area contributed by atoms with Crippen molar-refractivity contribution in [3.05, 3.63) is 0 Å². The molecule has 0 aliphatic rings. The largest absolute Gasteiger partial charge is 0.490 e. The standard InChI is InChI=1S/C7H9F3O3/c1-5(11)3-2-4-13-6(12)7(8,9)10/h2-4H2,1H3. The van der Waals surface area contributed by atoms with Gasteiger partial charge in [0.2, 0.25) is 0 Å². The predicted octanol–water partition coefficient (Wildman–Crippen LogP) is 1.46. The molecule has 0 spiro atoms. The van der Waals surface area contributed by atoms with Gasteiger partial charge in [0.15, 0.2) is 0 Å². The van der Waals surface area contributed by atoms with Gasteiger partial charge in [-0.3, -0.25) is 0 Å². The molecule has 0 aliphatic carbocycles. The second kappa shape index (κ2) is 4.84. The number of halogens is 3. The van der Waals surface area contributed by atoms with E-state index in [1.54, 1.807) is 0 Å². The highest BCUT2D eigenvalue weighted by atomic mass is 19.4. The highest BCUT2D eigenvalue weighted by molar-refractivity contribution is 5.76. The molecule has 0 aromatic carbocycles. The zero-order chi connectivity index (χ0) is 10.5. The summed E-state index contributed by atoms with van der Waals surface area (Å²) in [5, 5.41) is 0. The van der Waals surface area contributed by atoms with Crippen LogP contribution in [0.2, 0.25) is 0 Å². The van der Waals surface area contributed by atoms with Gasteiger partial charge in [-0.2, -0.15) is 13.2 Å². The molecule has 0 aromatic heterocycles. The third-order valence-electron chi connectivity index (χ3n) is 1.14. The summed E-state index contributed by atoms with van der Waals surface area (Å²) in [7, 11) is 0. The maximum atomic E-state index is 11.5. The van der Waals surface area contributed by atoms with Gasteiger partial charge in [0, 0.05) is 6.42 Å². The van der Waals surface area contributed by atoms with Gasteiger partial charge in [0.25, 0.3) is 0 Å². The van der Waals surface area contributed by atoms with Crippen LogP contribution in [0.15, 0.2) is 0 Å². The highest BCUT2D eigenvalue weighted by Gasteiger charge is 2.40. The molecule has 0 radical (unpaired) electrons. The summed E-state index contributed by atoms with van der Waals surface area (Å²) in [6.45, 7) is 0.934. The van der Waals surface area contributed by atoms with Crippen LogP contribution in [0.1, 0.15) is 19.8 Å². The monoisotopic (exact) mass is 198 g/mol. The van der Waals surface area contributed by atoms with E-state index >= 15 is 0 Å². The topological polar surface area (TPSA) is 43.4 Å². The molecule has 13 heavy (non-hydrogen) atoms. The first-order valence-corrected chi connectivity index (χ1v) is 3.57. The zero-order valence-corrected chi connectivity index (χ0v) is 6.98. The summed E-state index contributed by atoms with van der Waals surface area (Å²) >= 11 is 0. The Hall–Kier alpha value is -1.07. The van der Waals surface area contributed by atoms with Gasteiger partial charge in [-0.1, -0.05) is 0 Å². The van der Waals surface area contributed by atoms with Crippen LogP contribution < -0.4 is 0 Å². The lowest BCUT2D eigenvalue weighted by molar-refractivity contribution is -0.199. The van der Waals surface area contributed by atoms with Crippen molar-refractivity contribution < 1.29 is 27.5 Å². The fourth-order valence-electron chi connectivity index (χ4n) is 0.568. The number of esters is 1. The average molecular weight is 198 g/mol. The SMILES string of the molecule is CC(=O)CCCOC(=O)C(F)(F)F. The van der Waals surface area contributed by atoms with Crippen LogP contribution in [0.3, 0.4) is 0 Å². The average Bonchev–Trinajstić information content (AvgIpc) is 1.95. The van der Waals surface area contributed by atoms with Gasteiger partial charge in [-0.15, -0.1) is 0 Å². The van der Waals surface area contributed by atoms with Crippen LogP contribution in [0.5, 0.6) is 0 Å². The maximum absolute atomic E-state index is 11.5. The summed E-state index contributed by atoms with van der Waals surface area (Å²) in [4.78, 5) is 20.4. The fraction of sp³-hybridized carbons (Fsp3) is 0.714. The van der Waals surface area contributed by atoms with Crippen LogP contribution in [-0.4, -0.2) is 24.5 Å². The maximum Gasteiger partial charge on any atom is 0.490 e. The molecule has 0 aromatic rings. The molecular formula is C7H9F3O3. The lowest BCUT2D eigenvalue weighted by Gasteiger charge is -2.05. The third kappa shape index (κ3) is 6.12. The van der Waals surface area contributed by atoms with E-state index in [2.05, 4.69) is 4.74 Å². The van der Waals surface area contributed by atoms with Crippen LogP contribution in [0.25, 0.3) is 0 Å². The van der Waals surface area contributed by atoms with Gasteiger partial charge < -0.3 is 9.53 Å². The normalized spacial score (nSPS) is 11.1. The minimum Gasteiger partial charge on any atom is -0.459 e. The molecule has 0 unspecified atom stereocenters. The van der Waals surface area contributed by atoms with Crippen molar-refractivity contribution >= 4 is 11.8 Å². The Balaban J connectivity index is 3.55. The number of carbonyl (C=O) groups is 2. The summed E-state index contributed by atoms with van der Waals surface area (Å²) in [6, 6.07) is 0.